The van der Waals surface area contributed by atoms with Crippen LogP contribution in [0.1, 0.15) is 56.3 Å². The monoisotopic (exact) mass is 641 g/mol. The number of halogens is 3. The molecule has 0 saturated heterocycles. The Kier molecular flexibility index (Phi) is 10.9. The number of nitrogens with zero attached hydrogens (tertiary/aromatic N) is 3. The van der Waals surface area contributed by atoms with Crippen LogP contribution in [0.5, 0.6) is 5.75 Å². The number of hydrogen-bond acceptors (Lipinski definition) is 7. The first-order valence-electron chi connectivity index (χ1n) is 14.9. The summed E-state index contributed by atoms with van der Waals surface area (Å²) in [6, 6.07) is 15.2. The average molecular weight is 642 g/mol. The van der Waals surface area contributed by atoms with Gasteiger partial charge in [0.05, 0.1) is 26.1 Å². The largest absolute Gasteiger partial charge is 0.494 e. The van der Waals surface area contributed by atoms with Crippen molar-refractivity contribution in [3.63, 3.8) is 0 Å². The van der Waals surface area contributed by atoms with Crippen molar-refractivity contribution >= 4 is 23.8 Å². The summed E-state index contributed by atoms with van der Waals surface area (Å²) in [5, 5.41) is 0. The van der Waals surface area contributed by atoms with Gasteiger partial charge in [-0.15, -0.1) is 0 Å². The molecule has 2 heterocycles. The predicted molar refractivity (Wildman–Crippen MR) is 164 cm³/mol. The second kappa shape index (κ2) is 14.7. The summed E-state index contributed by atoms with van der Waals surface area (Å²) in [6.07, 6.45) is -3.66. The van der Waals surface area contributed by atoms with E-state index in [9.17, 15) is 27.6 Å². The zero-order valence-corrected chi connectivity index (χ0v) is 26.3. The molecule has 3 aromatic rings. The van der Waals surface area contributed by atoms with Gasteiger partial charge < -0.3 is 19.1 Å². The molecule has 46 heavy (non-hydrogen) atoms. The van der Waals surface area contributed by atoms with E-state index < -0.39 is 41.7 Å². The fraction of sp³-hybridized carbons (Fsp3) is 0.412. The van der Waals surface area contributed by atoms with Gasteiger partial charge in [-0.05, 0) is 74.6 Å². The van der Waals surface area contributed by atoms with Crippen molar-refractivity contribution in [2.75, 3.05) is 25.2 Å². The number of rotatable bonds is 10. The lowest BCUT2D eigenvalue weighted by atomic mass is 9.94. The van der Waals surface area contributed by atoms with Crippen molar-refractivity contribution in [3.8, 4) is 5.75 Å². The smallest absolute Gasteiger partial charge is 0.416 e. The van der Waals surface area contributed by atoms with Gasteiger partial charge >= 0.3 is 18.2 Å². The summed E-state index contributed by atoms with van der Waals surface area (Å²) in [7, 11) is 1.17. The Morgan fingerprint density at radius 1 is 1.02 bits per heavy atom. The molecule has 1 unspecified atom stereocenters. The number of carbonyl (C=O) groups is 3. The van der Waals surface area contributed by atoms with Gasteiger partial charge in [0.25, 0.3) is 0 Å². The number of carbonyl (C=O) groups excluding carboxylic acids is 3. The van der Waals surface area contributed by atoms with E-state index in [4.69, 9.17) is 14.2 Å². The van der Waals surface area contributed by atoms with E-state index in [1.165, 1.54) is 36.3 Å². The minimum Gasteiger partial charge on any atom is -0.494 e. The normalized spacial score (nSPS) is 15.8. The number of fused-ring (bicyclic) bond motifs is 1. The molecule has 12 heteroatoms. The molecule has 2 aromatic carbocycles. The highest BCUT2D eigenvalue weighted by Crippen LogP contribution is 2.41. The molecule has 0 bridgehead atoms. The van der Waals surface area contributed by atoms with E-state index in [1.807, 2.05) is 0 Å². The van der Waals surface area contributed by atoms with E-state index in [2.05, 4.69) is 4.98 Å². The Hall–Kier alpha value is -4.61. The highest BCUT2D eigenvalue weighted by molar-refractivity contribution is 5.86. The van der Waals surface area contributed by atoms with E-state index in [1.54, 1.807) is 69.4 Å². The lowest BCUT2D eigenvalue weighted by Crippen LogP contribution is -2.44. The van der Waals surface area contributed by atoms with Crippen LogP contribution in [0.2, 0.25) is 0 Å². The first kappa shape index (κ1) is 34.3. The van der Waals surface area contributed by atoms with Gasteiger partial charge in [0.1, 0.15) is 17.2 Å². The predicted octanol–water partition coefficient (Wildman–Crippen LogP) is 6.66. The molecule has 246 valence electrons. The number of alkyl halides is 3. The fourth-order valence-electron chi connectivity index (χ4n) is 5.27. The number of anilines is 1. The zero-order chi connectivity index (χ0) is 33.5. The molecule has 9 nitrogen and oxygen atoms in total. The van der Waals surface area contributed by atoms with Crippen LogP contribution in [0.25, 0.3) is 0 Å². The number of benzene rings is 2. The molecule has 0 aliphatic carbocycles. The highest BCUT2D eigenvalue weighted by atomic mass is 19.4. The van der Waals surface area contributed by atoms with Crippen LogP contribution in [0.4, 0.5) is 23.8 Å². The fourth-order valence-corrected chi connectivity index (χ4v) is 5.27. The van der Waals surface area contributed by atoms with Crippen LogP contribution in [0.3, 0.4) is 0 Å². The maximum Gasteiger partial charge on any atom is 0.416 e. The number of amides is 2. The van der Waals surface area contributed by atoms with Crippen LogP contribution >= 0.6 is 0 Å². The molecule has 0 radical (unpaired) electrons. The highest BCUT2D eigenvalue weighted by Gasteiger charge is 2.48. The standard InChI is InChI=1S/C34H38F3N3O6/c1-33(2,3)46-32(43)39(28-13-8-9-16-38-28)17-10-18-45-27-15-14-24-19-25(21-29(41)44-4)31(42)40(22-26(24)20-27)30(34(35,36)37)23-11-6-5-7-12-23/h5-9,11-16,20,25,30H,10,17-19,21-22H2,1-4H3/t25-,30?/m0/s1. The summed E-state index contributed by atoms with van der Waals surface area (Å²) in [4.78, 5) is 45.2. The molecule has 1 aliphatic rings. The molecule has 0 saturated carbocycles. The van der Waals surface area contributed by atoms with Crippen molar-refractivity contribution < 1.29 is 41.8 Å². The van der Waals surface area contributed by atoms with E-state index in [0.29, 0.717) is 29.1 Å². The van der Waals surface area contributed by atoms with E-state index >= 15 is 0 Å². The second-order valence-electron chi connectivity index (χ2n) is 12.0. The second-order valence-corrected chi connectivity index (χ2v) is 12.0. The van der Waals surface area contributed by atoms with Crippen LogP contribution in [-0.4, -0.2) is 59.9 Å². The number of pyridine rings is 1. The summed E-state index contributed by atoms with van der Waals surface area (Å²) < 4.78 is 60.0. The zero-order valence-electron chi connectivity index (χ0n) is 26.3. The molecule has 0 N–H and O–H groups in total. The lowest BCUT2D eigenvalue weighted by Gasteiger charge is -2.34. The molecule has 0 spiro atoms. The third-order valence-corrected chi connectivity index (χ3v) is 7.33. The van der Waals surface area contributed by atoms with Gasteiger partial charge in [0.15, 0.2) is 6.04 Å². The Bertz CT molecular complexity index is 1500. The van der Waals surface area contributed by atoms with Crippen LogP contribution in [0.15, 0.2) is 72.9 Å². The molecule has 2 atom stereocenters. The van der Waals surface area contributed by atoms with Gasteiger partial charge in [-0.2, -0.15) is 13.2 Å². The molecule has 2 amide bonds. The van der Waals surface area contributed by atoms with Crippen molar-refractivity contribution in [1.29, 1.82) is 0 Å². The van der Waals surface area contributed by atoms with Crippen molar-refractivity contribution in [3.05, 3.63) is 89.6 Å². The van der Waals surface area contributed by atoms with Gasteiger partial charge in [-0.25, -0.2) is 9.78 Å². The minimum atomic E-state index is -4.78. The van der Waals surface area contributed by atoms with Gasteiger partial charge in [0.2, 0.25) is 5.91 Å². The molecular weight excluding hydrogens is 603 g/mol. The maximum atomic E-state index is 14.6. The summed E-state index contributed by atoms with van der Waals surface area (Å²) in [5.41, 5.74) is 0.322. The topological polar surface area (TPSA) is 98.3 Å². The number of ether oxygens (including phenoxy) is 3. The third kappa shape index (κ3) is 8.98. The number of aromatic nitrogens is 1. The number of methoxy groups -OCH3 is 1. The third-order valence-electron chi connectivity index (χ3n) is 7.33. The van der Waals surface area contributed by atoms with Gasteiger partial charge in [0, 0.05) is 19.3 Å². The summed E-state index contributed by atoms with van der Waals surface area (Å²) in [6.45, 7) is 5.38. The van der Waals surface area contributed by atoms with Crippen LogP contribution in [-0.2, 0) is 32.0 Å². The minimum absolute atomic E-state index is 0.0638. The number of hydrogen-bond donors (Lipinski definition) is 0. The first-order valence-corrected chi connectivity index (χ1v) is 14.9. The van der Waals surface area contributed by atoms with E-state index in [-0.39, 0.29) is 38.1 Å². The molecular formula is C34H38F3N3O6. The lowest BCUT2D eigenvalue weighted by molar-refractivity contribution is -0.195. The van der Waals surface area contributed by atoms with Gasteiger partial charge in [-0.1, -0.05) is 42.5 Å². The Balaban J connectivity index is 1.55. The quantitative estimate of drug-likeness (QED) is 0.180. The van der Waals surface area contributed by atoms with E-state index in [0.717, 1.165) is 4.90 Å². The molecule has 4 rings (SSSR count). The molecule has 1 aromatic heterocycles. The molecule has 0 fully saturated rings. The molecule has 1 aliphatic heterocycles. The van der Waals surface area contributed by atoms with Crippen molar-refractivity contribution in [1.82, 2.24) is 9.88 Å². The Morgan fingerprint density at radius 3 is 2.37 bits per heavy atom. The average Bonchev–Trinajstić information content (AvgIpc) is 3.12. The van der Waals surface area contributed by atoms with Gasteiger partial charge in [-0.3, -0.25) is 14.5 Å². The van der Waals surface area contributed by atoms with Crippen LogP contribution in [0, 0.1) is 5.92 Å². The Labute approximate surface area is 266 Å². The summed E-state index contributed by atoms with van der Waals surface area (Å²) in [5.74, 6) is -1.70. The van der Waals surface area contributed by atoms with Crippen molar-refractivity contribution in [2.24, 2.45) is 5.92 Å². The first-order chi connectivity index (χ1) is 21.8. The SMILES string of the molecule is COC(=O)C[C@@H]1Cc2ccc(OCCCN(C(=O)OC(C)(C)C)c3ccccn3)cc2CN(C(c2ccccc2)C(F)(F)F)C1=O. The maximum absolute atomic E-state index is 14.6. The summed E-state index contributed by atoms with van der Waals surface area (Å²) >= 11 is 0. The Morgan fingerprint density at radius 2 is 1.74 bits per heavy atom. The van der Waals surface area contributed by atoms with Crippen molar-refractivity contribution in [2.45, 2.75) is 64.4 Å². The number of esters is 1. The van der Waals surface area contributed by atoms with Crippen LogP contribution < -0.4 is 9.64 Å².